The Hall–Kier alpha value is -6.48. The van der Waals surface area contributed by atoms with Crippen molar-refractivity contribution in [2.75, 3.05) is 25.1 Å². The Morgan fingerprint density at radius 3 is 1.85 bits per heavy atom. The number of carbonyl (C=O) groups is 8. The highest BCUT2D eigenvalue weighted by Gasteiger charge is 2.35. The Kier molecular flexibility index (Phi) is 22.1. The zero-order valence-corrected chi connectivity index (χ0v) is 38.8. The quantitative estimate of drug-likeness (QED) is 0.0464. The summed E-state index contributed by atoms with van der Waals surface area (Å²) >= 11 is 1.45. The zero-order chi connectivity index (χ0) is 48.9. The van der Waals surface area contributed by atoms with E-state index in [0.29, 0.717) is 22.6 Å². The molecular formula is C45H64N10O10S. The van der Waals surface area contributed by atoms with E-state index in [0.717, 1.165) is 0 Å². The Morgan fingerprint density at radius 2 is 1.30 bits per heavy atom. The molecule has 1 aromatic heterocycles. The van der Waals surface area contributed by atoms with Gasteiger partial charge in [-0.3, -0.25) is 38.4 Å². The lowest BCUT2D eigenvalue weighted by atomic mass is 10.0. The largest absolute Gasteiger partial charge is 0.508 e. The van der Waals surface area contributed by atoms with Crippen LogP contribution in [0.2, 0.25) is 0 Å². The predicted octanol–water partition coefficient (Wildman–Crippen LogP) is 0.138. The van der Waals surface area contributed by atoms with Gasteiger partial charge < -0.3 is 58.1 Å². The number of nitrogens with zero attached hydrogens (tertiary/aromatic N) is 2. The summed E-state index contributed by atoms with van der Waals surface area (Å²) in [7, 11) is 0. The van der Waals surface area contributed by atoms with Crippen LogP contribution in [0.1, 0.15) is 63.8 Å². The minimum atomic E-state index is -1.53. The molecule has 1 heterocycles. The summed E-state index contributed by atoms with van der Waals surface area (Å²) in [6, 6.07) is 7.59. The summed E-state index contributed by atoms with van der Waals surface area (Å²) < 4.78 is 0. The summed E-state index contributed by atoms with van der Waals surface area (Å²) in [5.41, 5.74) is 13.4. The number of aromatic amines is 1. The average Bonchev–Trinajstić information content (AvgIpc) is 3.77. The molecule has 0 saturated carbocycles. The van der Waals surface area contributed by atoms with E-state index in [1.165, 1.54) is 41.3 Å². The maximum Gasteiger partial charge on any atom is 0.305 e. The van der Waals surface area contributed by atoms with Crippen LogP contribution in [0.25, 0.3) is 0 Å². The van der Waals surface area contributed by atoms with Gasteiger partial charge in [0.1, 0.15) is 36.0 Å². The van der Waals surface area contributed by atoms with Crippen LogP contribution in [0.4, 0.5) is 0 Å². The molecule has 6 atom stereocenters. The van der Waals surface area contributed by atoms with Crippen molar-refractivity contribution in [3.8, 4) is 5.75 Å². The molecule has 0 fully saturated rings. The van der Waals surface area contributed by atoms with Crippen molar-refractivity contribution in [1.29, 1.82) is 0 Å². The van der Waals surface area contributed by atoms with Crippen LogP contribution in [0.3, 0.4) is 0 Å². The highest BCUT2D eigenvalue weighted by molar-refractivity contribution is 7.98. The number of hydrogen-bond acceptors (Lipinski definition) is 12. The van der Waals surface area contributed by atoms with Crippen LogP contribution in [-0.2, 0) is 57.6 Å². The predicted molar refractivity (Wildman–Crippen MR) is 247 cm³/mol. The maximum absolute atomic E-state index is 14.4. The second kappa shape index (κ2) is 27.1. The van der Waals surface area contributed by atoms with Gasteiger partial charge in [0.2, 0.25) is 41.4 Å². The number of H-pyrrole nitrogens is 1. The molecule has 20 nitrogen and oxygen atoms in total. The Morgan fingerprint density at radius 1 is 0.727 bits per heavy atom. The van der Waals surface area contributed by atoms with Gasteiger partial charge in [0.15, 0.2) is 0 Å². The molecule has 2 aromatic carbocycles. The third-order valence-electron chi connectivity index (χ3n) is 10.1. The minimum Gasteiger partial charge on any atom is -0.508 e. The van der Waals surface area contributed by atoms with Crippen LogP contribution >= 0.6 is 11.8 Å². The molecule has 0 aliphatic carbocycles. The van der Waals surface area contributed by atoms with Crippen molar-refractivity contribution in [2.45, 2.75) is 102 Å². The van der Waals surface area contributed by atoms with Gasteiger partial charge in [-0.25, -0.2) is 4.98 Å². The average molecular weight is 937 g/mol. The van der Waals surface area contributed by atoms with E-state index in [9.17, 15) is 48.6 Å². The second-order valence-electron chi connectivity index (χ2n) is 16.8. The maximum atomic E-state index is 14.4. The molecule has 21 heteroatoms. The molecule has 0 aliphatic rings. The molecule has 0 unspecified atom stereocenters. The van der Waals surface area contributed by atoms with E-state index in [2.05, 4.69) is 36.6 Å². The number of carboxylic acids is 1. The number of benzene rings is 2. The van der Waals surface area contributed by atoms with E-state index >= 15 is 0 Å². The SMILES string of the molecule is CSCC[C@@H](NC(=O)[C@@H](N)Cc1ccc(O)cc1)C(=O)N[C@@H](Cc1ccccc1)C(=O)N[C@@H](Cc1cnc[nH]1)C(=O)N[C@@H](CC(C)C)C(=O)N(CC(=O)N[C@@H](CC(=O)O)C(N)=O)CC(C)C. The zero-order valence-electron chi connectivity index (χ0n) is 38.0. The number of thioether (sulfide) groups is 1. The molecule has 0 radical (unpaired) electrons. The number of hydrogen-bond donors (Lipinski definition) is 10. The lowest BCUT2D eigenvalue weighted by molar-refractivity contribution is -0.142. The Balaban J connectivity index is 1.91. The summed E-state index contributed by atoms with van der Waals surface area (Å²) in [6.45, 7) is 6.73. The fourth-order valence-electron chi connectivity index (χ4n) is 6.86. The lowest BCUT2D eigenvalue weighted by Gasteiger charge is -2.31. The van der Waals surface area contributed by atoms with E-state index in [1.807, 2.05) is 20.1 Å². The Labute approximate surface area is 388 Å². The number of nitrogens with one attached hydrogen (secondary N) is 6. The fourth-order valence-corrected chi connectivity index (χ4v) is 7.33. The normalized spacial score (nSPS) is 13.9. The third kappa shape index (κ3) is 18.9. The number of rotatable bonds is 28. The lowest BCUT2D eigenvalue weighted by Crippen LogP contribution is -2.60. The van der Waals surface area contributed by atoms with E-state index in [1.54, 1.807) is 56.3 Å². The number of aromatic nitrogens is 2. The van der Waals surface area contributed by atoms with Gasteiger partial charge in [0.05, 0.1) is 25.3 Å². The molecule has 3 rings (SSSR count). The first-order chi connectivity index (χ1) is 31.3. The van der Waals surface area contributed by atoms with Gasteiger partial charge in [0, 0.05) is 31.3 Å². The van der Waals surface area contributed by atoms with E-state index in [4.69, 9.17) is 11.5 Å². The third-order valence-corrected chi connectivity index (χ3v) is 10.8. The highest BCUT2D eigenvalue weighted by atomic mass is 32.2. The van der Waals surface area contributed by atoms with Crippen LogP contribution in [0.5, 0.6) is 5.75 Å². The van der Waals surface area contributed by atoms with Gasteiger partial charge in [-0.05, 0) is 66.4 Å². The molecule has 12 N–H and O–H groups in total. The first-order valence-electron chi connectivity index (χ1n) is 21.6. The molecule has 360 valence electrons. The number of carboxylic acid groups (broad SMARTS) is 1. The number of amides is 7. The van der Waals surface area contributed by atoms with E-state index < -0.39 is 96.5 Å². The van der Waals surface area contributed by atoms with Crippen molar-refractivity contribution in [3.05, 3.63) is 83.9 Å². The fraction of sp³-hybridized carbons (Fsp3) is 0.489. The van der Waals surface area contributed by atoms with Crippen LogP contribution in [-0.4, -0.2) is 134 Å². The smallest absolute Gasteiger partial charge is 0.305 e. The summed E-state index contributed by atoms with van der Waals surface area (Å²) in [4.78, 5) is 115. The van der Waals surface area contributed by atoms with Crippen molar-refractivity contribution in [2.24, 2.45) is 23.3 Å². The van der Waals surface area contributed by atoms with Gasteiger partial charge in [-0.1, -0.05) is 70.2 Å². The number of imidazole rings is 1. The molecule has 0 saturated heterocycles. The van der Waals surface area contributed by atoms with Crippen molar-refractivity contribution in [1.82, 2.24) is 41.5 Å². The molecule has 0 aliphatic heterocycles. The first kappa shape index (κ1) is 53.9. The molecule has 66 heavy (non-hydrogen) atoms. The topological polar surface area (TPSA) is 321 Å². The Bertz CT molecular complexity index is 2070. The monoisotopic (exact) mass is 936 g/mol. The first-order valence-corrected chi connectivity index (χ1v) is 23.0. The standard InChI is InChI=1S/C45H64N10O10S/c1-26(2)17-37(45(65)55(23-27(3)4)24-38(57)50-34(40(47)60)21-39(58)59)54-44(64)36(20-30-22-48-25-49-30)53-43(63)35(19-28-9-7-6-8-10-28)52-42(62)33(15-16-66-5)51-41(61)32(46)18-29-11-13-31(56)14-12-29/h6-14,22,25-27,32-37,56H,15-21,23-24,46H2,1-5H3,(H2,47,60)(H,48,49)(H,50,57)(H,51,61)(H,52,62)(H,53,63)(H,54,64)(H,58,59)/t32-,33+,34-,35-,36-,37-/m0/s1. The number of phenols is 1. The van der Waals surface area contributed by atoms with Gasteiger partial charge >= 0.3 is 5.97 Å². The number of aliphatic carboxylic acids is 1. The summed E-state index contributed by atoms with van der Waals surface area (Å²) in [5.74, 6) is -6.50. The number of primary amides is 1. The van der Waals surface area contributed by atoms with Crippen LogP contribution < -0.4 is 38.1 Å². The molecular weight excluding hydrogens is 873 g/mol. The van der Waals surface area contributed by atoms with Gasteiger partial charge in [0.25, 0.3) is 0 Å². The van der Waals surface area contributed by atoms with Gasteiger partial charge in [-0.2, -0.15) is 11.8 Å². The van der Waals surface area contributed by atoms with Crippen LogP contribution in [0, 0.1) is 11.8 Å². The minimum absolute atomic E-state index is 0.00979. The molecule has 3 aromatic rings. The molecule has 0 bridgehead atoms. The van der Waals surface area contributed by atoms with E-state index in [-0.39, 0.29) is 56.2 Å². The van der Waals surface area contributed by atoms with Crippen molar-refractivity contribution in [3.63, 3.8) is 0 Å². The second-order valence-corrected chi connectivity index (χ2v) is 17.8. The number of phenolic OH excluding ortho intramolecular Hbond substituents is 1. The number of nitrogens with two attached hydrogens (primary N) is 2. The van der Waals surface area contributed by atoms with Crippen molar-refractivity contribution >= 4 is 59.1 Å². The highest BCUT2D eigenvalue weighted by Crippen LogP contribution is 2.14. The number of carbonyl (C=O) groups excluding carboxylic acids is 7. The van der Waals surface area contributed by atoms with Crippen LogP contribution in [0.15, 0.2) is 67.1 Å². The van der Waals surface area contributed by atoms with Crippen molar-refractivity contribution < 1.29 is 48.6 Å². The molecule has 7 amide bonds. The molecule has 0 spiro atoms. The number of aromatic hydroxyl groups is 1. The summed E-state index contributed by atoms with van der Waals surface area (Å²) in [6.07, 6.45) is 4.24. The van der Waals surface area contributed by atoms with Gasteiger partial charge in [-0.15, -0.1) is 0 Å². The summed E-state index contributed by atoms with van der Waals surface area (Å²) in [5, 5.41) is 32.2.